The first kappa shape index (κ1) is 9.74. The van der Waals surface area contributed by atoms with E-state index in [1.807, 2.05) is 12.1 Å². The van der Waals surface area contributed by atoms with E-state index in [1.54, 1.807) is 19.2 Å². The molecule has 0 saturated carbocycles. The normalized spacial score (nSPS) is 12.2. The van der Waals surface area contributed by atoms with Gasteiger partial charge in [-0.05, 0) is 13.0 Å². The van der Waals surface area contributed by atoms with Crippen molar-refractivity contribution in [2.24, 2.45) is 0 Å². The van der Waals surface area contributed by atoms with Gasteiger partial charge < -0.3 is 10.4 Å². The van der Waals surface area contributed by atoms with Gasteiger partial charge in [0.05, 0.1) is 0 Å². The van der Waals surface area contributed by atoms with Crippen LogP contribution in [0.15, 0.2) is 24.3 Å². The Kier molecular flexibility index (Phi) is 3.03. The number of nitrogens with one attached hydrogen (secondary N) is 1. The van der Waals surface area contributed by atoms with Crippen LogP contribution in [0.3, 0.4) is 0 Å². The number of rotatable bonds is 3. The molecule has 0 aliphatic carbocycles. The van der Waals surface area contributed by atoms with Crippen molar-refractivity contribution in [1.82, 2.24) is 0 Å². The van der Waals surface area contributed by atoms with Crippen LogP contribution >= 0.6 is 0 Å². The second-order valence-corrected chi connectivity index (χ2v) is 2.85. The zero-order valence-electron chi connectivity index (χ0n) is 7.74. The molecule has 1 aromatic carbocycles. The molecule has 2 N–H and O–H groups in total. The number of aliphatic hydroxyl groups is 1. The standard InChI is InChI=1S/C10H13NO2/c1-7(12)10(13)8-5-3-4-6-9(8)11-2/h3-6,10-11,13H,1-2H3. The largest absolute Gasteiger partial charge is 0.388 e. The maximum atomic E-state index is 10.9. The van der Waals surface area contributed by atoms with E-state index in [0.717, 1.165) is 5.69 Å². The fraction of sp³-hybridized carbons (Fsp3) is 0.300. The molecule has 0 spiro atoms. The quantitative estimate of drug-likeness (QED) is 0.736. The molecule has 3 heteroatoms. The summed E-state index contributed by atoms with van der Waals surface area (Å²) in [6.07, 6.45) is -1.02. The highest BCUT2D eigenvalue weighted by Crippen LogP contribution is 2.22. The Morgan fingerprint density at radius 2 is 2.08 bits per heavy atom. The molecule has 70 valence electrons. The molecule has 0 bridgehead atoms. The van der Waals surface area contributed by atoms with Gasteiger partial charge in [-0.15, -0.1) is 0 Å². The van der Waals surface area contributed by atoms with Crippen LogP contribution in [0, 0.1) is 0 Å². The van der Waals surface area contributed by atoms with Crippen molar-refractivity contribution in [2.75, 3.05) is 12.4 Å². The van der Waals surface area contributed by atoms with Crippen molar-refractivity contribution < 1.29 is 9.90 Å². The second kappa shape index (κ2) is 4.05. The fourth-order valence-electron chi connectivity index (χ4n) is 1.18. The van der Waals surface area contributed by atoms with Crippen LogP contribution in [0.2, 0.25) is 0 Å². The molecule has 0 aromatic heterocycles. The smallest absolute Gasteiger partial charge is 0.162 e. The van der Waals surface area contributed by atoms with Gasteiger partial charge in [0, 0.05) is 18.3 Å². The lowest BCUT2D eigenvalue weighted by Gasteiger charge is -2.12. The van der Waals surface area contributed by atoms with Gasteiger partial charge in [0.15, 0.2) is 5.78 Å². The van der Waals surface area contributed by atoms with Gasteiger partial charge in [0.1, 0.15) is 6.10 Å². The number of Topliss-reactive ketones (excluding diaryl/α,β-unsaturated/α-hetero) is 1. The Morgan fingerprint density at radius 3 is 2.62 bits per heavy atom. The van der Waals surface area contributed by atoms with E-state index in [-0.39, 0.29) is 5.78 Å². The third kappa shape index (κ3) is 2.06. The maximum absolute atomic E-state index is 10.9. The fourth-order valence-corrected chi connectivity index (χ4v) is 1.18. The highest BCUT2D eigenvalue weighted by atomic mass is 16.3. The molecule has 3 nitrogen and oxygen atoms in total. The van der Waals surface area contributed by atoms with Gasteiger partial charge in [0.25, 0.3) is 0 Å². The van der Waals surface area contributed by atoms with E-state index in [4.69, 9.17) is 0 Å². The summed E-state index contributed by atoms with van der Waals surface area (Å²) < 4.78 is 0. The number of hydrogen-bond acceptors (Lipinski definition) is 3. The average molecular weight is 179 g/mol. The molecule has 1 unspecified atom stereocenters. The van der Waals surface area contributed by atoms with E-state index >= 15 is 0 Å². The van der Waals surface area contributed by atoms with E-state index in [9.17, 15) is 9.90 Å². The van der Waals surface area contributed by atoms with Crippen molar-refractivity contribution in [3.05, 3.63) is 29.8 Å². The van der Waals surface area contributed by atoms with Crippen LogP contribution in [-0.2, 0) is 4.79 Å². The van der Waals surface area contributed by atoms with E-state index in [1.165, 1.54) is 6.92 Å². The zero-order valence-corrected chi connectivity index (χ0v) is 7.74. The van der Waals surface area contributed by atoms with E-state index in [2.05, 4.69) is 5.32 Å². The Labute approximate surface area is 77.4 Å². The van der Waals surface area contributed by atoms with E-state index < -0.39 is 6.10 Å². The summed E-state index contributed by atoms with van der Waals surface area (Å²) in [5.41, 5.74) is 1.41. The molecule has 1 atom stereocenters. The van der Waals surface area contributed by atoms with Crippen molar-refractivity contribution in [3.8, 4) is 0 Å². The third-order valence-corrected chi connectivity index (χ3v) is 1.91. The topological polar surface area (TPSA) is 49.3 Å². The first-order valence-electron chi connectivity index (χ1n) is 4.12. The summed E-state index contributed by atoms with van der Waals surface area (Å²) in [6.45, 7) is 1.37. The number of anilines is 1. The second-order valence-electron chi connectivity index (χ2n) is 2.85. The molecule has 0 aliphatic heterocycles. The molecule has 1 aromatic rings. The Balaban J connectivity index is 3.05. The summed E-state index contributed by atoms with van der Waals surface area (Å²) >= 11 is 0. The highest BCUT2D eigenvalue weighted by molar-refractivity contribution is 5.83. The van der Waals surface area contributed by atoms with Gasteiger partial charge in [-0.1, -0.05) is 18.2 Å². The number of aliphatic hydroxyl groups excluding tert-OH is 1. The summed E-state index contributed by atoms with van der Waals surface area (Å²) in [5, 5.41) is 12.4. The van der Waals surface area contributed by atoms with Crippen molar-refractivity contribution >= 4 is 11.5 Å². The monoisotopic (exact) mass is 179 g/mol. The van der Waals surface area contributed by atoms with Crippen LogP contribution in [0.4, 0.5) is 5.69 Å². The van der Waals surface area contributed by atoms with Crippen LogP contribution < -0.4 is 5.32 Å². The Hall–Kier alpha value is -1.35. The summed E-state index contributed by atoms with van der Waals surface area (Å²) in [7, 11) is 1.76. The summed E-state index contributed by atoms with van der Waals surface area (Å²) in [4.78, 5) is 10.9. The van der Waals surface area contributed by atoms with Crippen molar-refractivity contribution in [3.63, 3.8) is 0 Å². The first-order valence-corrected chi connectivity index (χ1v) is 4.12. The lowest BCUT2D eigenvalue weighted by atomic mass is 10.0. The molecule has 0 saturated heterocycles. The van der Waals surface area contributed by atoms with Crippen LogP contribution in [0.5, 0.6) is 0 Å². The number of carbonyl (C=O) groups is 1. The van der Waals surface area contributed by atoms with Crippen LogP contribution in [0.1, 0.15) is 18.6 Å². The SMILES string of the molecule is CNc1ccccc1C(O)C(C)=O. The molecule has 0 radical (unpaired) electrons. The van der Waals surface area contributed by atoms with Crippen LogP contribution in [-0.4, -0.2) is 17.9 Å². The number of hydrogen-bond donors (Lipinski definition) is 2. The first-order chi connectivity index (χ1) is 6.16. The lowest BCUT2D eigenvalue weighted by molar-refractivity contribution is -0.125. The average Bonchev–Trinajstić information content (AvgIpc) is 2.16. The minimum atomic E-state index is -1.02. The molecular formula is C10H13NO2. The molecule has 0 amide bonds. The zero-order chi connectivity index (χ0) is 9.84. The van der Waals surface area contributed by atoms with Gasteiger partial charge in [-0.3, -0.25) is 4.79 Å². The lowest BCUT2D eigenvalue weighted by Crippen LogP contribution is -2.09. The van der Waals surface area contributed by atoms with Gasteiger partial charge in [-0.25, -0.2) is 0 Å². The Morgan fingerprint density at radius 1 is 1.46 bits per heavy atom. The third-order valence-electron chi connectivity index (χ3n) is 1.91. The minimum absolute atomic E-state index is 0.247. The minimum Gasteiger partial charge on any atom is -0.388 e. The summed E-state index contributed by atoms with van der Waals surface area (Å²) in [6, 6.07) is 7.20. The van der Waals surface area contributed by atoms with Gasteiger partial charge in [-0.2, -0.15) is 0 Å². The molecule has 0 heterocycles. The molecule has 1 rings (SSSR count). The number of para-hydroxylation sites is 1. The predicted molar refractivity (Wildman–Crippen MR) is 51.6 cm³/mol. The van der Waals surface area contributed by atoms with Crippen molar-refractivity contribution in [1.29, 1.82) is 0 Å². The molecular weight excluding hydrogens is 166 g/mol. The maximum Gasteiger partial charge on any atom is 0.162 e. The predicted octanol–water partition coefficient (Wildman–Crippen LogP) is 1.35. The molecule has 13 heavy (non-hydrogen) atoms. The number of carbonyl (C=O) groups excluding carboxylic acids is 1. The number of ketones is 1. The van der Waals surface area contributed by atoms with Gasteiger partial charge in [0.2, 0.25) is 0 Å². The summed E-state index contributed by atoms with van der Waals surface area (Å²) in [5.74, 6) is -0.247. The number of benzene rings is 1. The molecule has 0 aliphatic rings. The van der Waals surface area contributed by atoms with E-state index in [0.29, 0.717) is 5.56 Å². The van der Waals surface area contributed by atoms with Gasteiger partial charge >= 0.3 is 0 Å². The Bertz CT molecular complexity index is 310. The molecule has 0 fully saturated rings. The van der Waals surface area contributed by atoms with Crippen molar-refractivity contribution in [2.45, 2.75) is 13.0 Å². The highest BCUT2D eigenvalue weighted by Gasteiger charge is 2.15. The van der Waals surface area contributed by atoms with Crippen LogP contribution in [0.25, 0.3) is 0 Å².